The highest BCUT2D eigenvalue weighted by Gasteiger charge is 2.23. The smallest absolute Gasteiger partial charge is 0.344 e. The fourth-order valence-corrected chi connectivity index (χ4v) is 3.76. The summed E-state index contributed by atoms with van der Waals surface area (Å²) in [6.45, 7) is 1.90. The molecule has 4 rings (SSSR count). The molecule has 1 heterocycles. The number of benzene rings is 3. The number of rotatable bonds is 5. The van der Waals surface area contributed by atoms with Gasteiger partial charge in [0.2, 0.25) is 11.2 Å². The largest absolute Gasteiger partial charge is 0.493 e. The molecule has 0 bridgehead atoms. The molecule has 0 atom stereocenters. The van der Waals surface area contributed by atoms with Gasteiger partial charge < -0.3 is 18.6 Å². The van der Waals surface area contributed by atoms with Gasteiger partial charge in [0.15, 0.2) is 17.3 Å². The van der Waals surface area contributed by atoms with Crippen LogP contribution in [0.15, 0.2) is 74.3 Å². The van der Waals surface area contributed by atoms with Crippen molar-refractivity contribution in [3.05, 3.63) is 86.5 Å². The first kappa shape index (κ1) is 21.6. The number of carbonyl (C=O) groups is 1. The third-order valence-corrected chi connectivity index (χ3v) is 5.63. The van der Waals surface area contributed by atoms with Gasteiger partial charge in [0, 0.05) is 10.0 Å². The van der Waals surface area contributed by atoms with Crippen LogP contribution in [0.5, 0.6) is 17.2 Å². The molecule has 3 aromatic carbocycles. The maximum absolute atomic E-state index is 13.4. The maximum atomic E-state index is 13.4. The van der Waals surface area contributed by atoms with E-state index in [0.29, 0.717) is 32.5 Å². The van der Waals surface area contributed by atoms with Crippen LogP contribution < -0.4 is 19.6 Å². The minimum Gasteiger partial charge on any atom is -0.493 e. The molecule has 0 fully saturated rings. The second-order valence-electron chi connectivity index (χ2n) is 7.03. The van der Waals surface area contributed by atoms with Gasteiger partial charge >= 0.3 is 5.97 Å². The molecule has 1 aromatic heterocycles. The molecule has 0 aliphatic heterocycles. The minimum atomic E-state index is -0.682. The highest BCUT2D eigenvalue weighted by Crippen LogP contribution is 2.37. The van der Waals surface area contributed by atoms with Gasteiger partial charge in [-0.3, -0.25) is 4.79 Å². The van der Waals surface area contributed by atoms with E-state index >= 15 is 0 Å². The third-order valence-electron chi connectivity index (χ3n) is 4.94. The van der Waals surface area contributed by atoms with Crippen LogP contribution in [0.4, 0.5) is 0 Å². The highest BCUT2D eigenvalue weighted by molar-refractivity contribution is 9.10. The summed E-state index contributed by atoms with van der Waals surface area (Å²) in [4.78, 5) is 26.3. The molecule has 0 aliphatic rings. The zero-order chi connectivity index (χ0) is 22.8. The second kappa shape index (κ2) is 8.88. The van der Waals surface area contributed by atoms with E-state index in [1.165, 1.54) is 14.2 Å². The lowest BCUT2D eigenvalue weighted by molar-refractivity contribution is 0.0730. The van der Waals surface area contributed by atoms with E-state index in [-0.39, 0.29) is 17.1 Å². The monoisotopic (exact) mass is 494 g/mol. The molecule has 0 unspecified atom stereocenters. The van der Waals surface area contributed by atoms with Crippen molar-refractivity contribution in [2.75, 3.05) is 14.2 Å². The van der Waals surface area contributed by atoms with E-state index in [9.17, 15) is 9.59 Å². The van der Waals surface area contributed by atoms with Crippen LogP contribution >= 0.6 is 15.9 Å². The SMILES string of the molecule is COc1ccc(-c2oc3cc(C)ccc3c(=O)c2OC(=O)c2ccccc2Br)cc1OC. The lowest BCUT2D eigenvalue weighted by atomic mass is 10.1. The average molecular weight is 495 g/mol. The Labute approximate surface area is 192 Å². The van der Waals surface area contributed by atoms with Gasteiger partial charge in [-0.05, 0) is 70.9 Å². The first-order chi connectivity index (χ1) is 15.4. The number of hydrogen-bond acceptors (Lipinski definition) is 6. The maximum Gasteiger partial charge on any atom is 0.344 e. The Morgan fingerprint density at radius 2 is 1.69 bits per heavy atom. The molecular weight excluding hydrogens is 476 g/mol. The van der Waals surface area contributed by atoms with Crippen LogP contribution in [-0.2, 0) is 0 Å². The highest BCUT2D eigenvalue weighted by atomic mass is 79.9. The number of halogens is 1. The Hall–Kier alpha value is -3.58. The molecule has 0 N–H and O–H groups in total. The lowest BCUT2D eigenvalue weighted by Gasteiger charge is -2.13. The van der Waals surface area contributed by atoms with E-state index in [2.05, 4.69) is 15.9 Å². The third kappa shape index (κ3) is 3.99. The van der Waals surface area contributed by atoms with Crippen molar-refractivity contribution >= 4 is 32.9 Å². The Morgan fingerprint density at radius 3 is 2.41 bits per heavy atom. The number of ether oxygens (including phenoxy) is 3. The fraction of sp³-hybridized carbons (Fsp3) is 0.120. The molecule has 0 radical (unpaired) electrons. The summed E-state index contributed by atoms with van der Waals surface area (Å²) in [5.74, 6) is 0.198. The molecule has 4 aromatic rings. The van der Waals surface area contributed by atoms with Gasteiger partial charge in [-0.2, -0.15) is 0 Å². The second-order valence-corrected chi connectivity index (χ2v) is 7.88. The van der Waals surface area contributed by atoms with Crippen molar-refractivity contribution in [3.63, 3.8) is 0 Å². The summed E-state index contributed by atoms with van der Waals surface area (Å²) in [6.07, 6.45) is 0. The summed E-state index contributed by atoms with van der Waals surface area (Å²) in [6, 6.07) is 17.1. The number of aryl methyl sites for hydroxylation is 1. The van der Waals surface area contributed by atoms with Crippen molar-refractivity contribution in [2.45, 2.75) is 6.92 Å². The number of hydrogen-bond donors (Lipinski definition) is 0. The van der Waals surface area contributed by atoms with Gasteiger partial charge in [-0.15, -0.1) is 0 Å². The first-order valence-corrected chi connectivity index (χ1v) is 10.5. The Kier molecular flexibility index (Phi) is 6.01. The standard InChI is InChI=1S/C25H19BrO6/c1-14-8-10-17-20(12-14)31-23(15-9-11-19(29-2)21(13-15)30-3)24(22(17)27)32-25(28)16-6-4-5-7-18(16)26/h4-13H,1-3H3. The summed E-state index contributed by atoms with van der Waals surface area (Å²) < 4.78 is 22.9. The van der Waals surface area contributed by atoms with Gasteiger partial charge in [0.05, 0.1) is 25.2 Å². The van der Waals surface area contributed by atoms with Gasteiger partial charge in [0.25, 0.3) is 0 Å². The number of methoxy groups -OCH3 is 2. The average Bonchev–Trinajstić information content (AvgIpc) is 2.80. The van der Waals surface area contributed by atoms with Crippen LogP contribution in [0.3, 0.4) is 0 Å². The topological polar surface area (TPSA) is 75.0 Å². The molecule has 7 heteroatoms. The molecule has 0 spiro atoms. The summed E-state index contributed by atoms with van der Waals surface area (Å²) in [5.41, 5.74) is 1.65. The Morgan fingerprint density at radius 1 is 0.938 bits per heavy atom. The fourth-order valence-electron chi connectivity index (χ4n) is 3.32. The van der Waals surface area contributed by atoms with Crippen molar-refractivity contribution < 1.29 is 23.4 Å². The van der Waals surface area contributed by atoms with Crippen LogP contribution in [0.1, 0.15) is 15.9 Å². The summed E-state index contributed by atoms with van der Waals surface area (Å²) in [5, 5.41) is 0.315. The molecule has 0 saturated carbocycles. The molecular formula is C25H19BrO6. The van der Waals surface area contributed by atoms with Crippen molar-refractivity contribution in [1.29, 1.82) is 0 Å². The van der Waals surface area contributed by atoms with E-state index in [4.69, 9.17) is 18.6 Å². The molecule has 162 valence electrons. The molecule has 0 saturated heterocycles. The number of fused-ring (bicyclic) bond motifs is 1. The van der Waals surface area contributed by atoms with Crippen molar-refractivity contribution in [1.82, 2.24) is 0 Å². The first-order valence-electron chi connectivity index (χ1n) is 9.69. The lowest BCUT2D eigenvalue weighted by Crippen LogP contribution is -2.16. The molecule has 0 aliphatic carbocycles. The van der Waals surface area contributed by atoms with Gasteiger partial charge in [-0.25, -0.2) is 4.79 Å². The van der Waals surface area contributed by atoms with Crippen LogP contribution in [0.2, 0.25) is 0 Å². The zero-order valence-electron chi connectivity index (χ0n) is 17.6. The van der Waals surface area contributed by atoms with Crippen molar-refractivity contribution in [3.8, 4) is 28.6 Å². The van der Waals surface area contributed by atoms with E-state index in [0.717, 1.165) is 5.56 Å². The molecule has 0 amide bonds. The van der Waals surface area contributed by atoms with Crippen molar-refractivity contribution in [2.24, 2.45) is 0 Å². The number of esters is 1. The van der Waals surface area contributed by atoms with Crippen LogP contribution in [0.25, 0.3) is 22.3 Å². The summed E-state index contributed by atoms with van der Waals surface area (Å²) >= 11 is 3.34. The Bertz CT molecular complexity index is 1390. The van der Waals surface area contributed by atoms with Gasteiger partial charge in [0.1, 0.15) is 5.58 Å². The minimum absolute atomic E-state index is 0.120. The summed E-state index contributed by atoms with van der Waals surface area (Å²) in [7, 11) is 3.04. The quantitative estimate of drug-likeness (QED) is 0.328. The number of carbonyl (C=O) groups excluding carboxylic acids is 1. The molecule has 32 heavy (non-hydrogen) atoms. The molecule has 6 nitrogen and oxygen atoms in total. The predicted molar refractivity (Wildman–Crippen MR) is 125 cm³/mol. The van der Waals surface area contributed by atoms with E-state index < -0.39 is 11.4 Å². The zero-order valence-corrected chi connectivity index (χ0v) is 19.2. The van der Waals surface area contributed by atoms with Crippen LogP contribution in [0, 0.1) is 6.92 Å². The Balaban J connectivity index is 1.94. The normalized spacial score (nSPS) is 10.8. The van der Waals surface area contributed by atoms with Crippen LogP contribution in [-0.4, -0.2) is 20.2 Å². The van der Waals surface area contributed by atoms with E-state index in [1.807, 2.05) is 6.92 Å². The van der Waals surface area contributed by atoms with Gasteiger partial charge in [-0.1, -0.05) is 18.2 Å². The predicted octanol–water partition coefficient (Wildman–Crippen LogP) is 5.77. The van der Waals surface area contributed by atoms with E-state index in [1.54, 1.807) is 60.7 Å².